The normalized spacial score (nSPS) is 11.1. The Balaban J connectivity index is 3.29. The lowest BCUT2D eigenvalue weighted by atomic mass is 10.3. The van der Waals surface area contributed by atoms with Crippen molar-refractivity contribution >= 4 is 43.2 Å². The second-order valence-corrected chi connectivity index (χ2v) is 5.80. The minimum Gasteiger partial charge on any atom is -0.398 e. The molecule has 86 valence electrons. The molecule has 1 aromatic rings. The summed E-state index contributed by atoms with van der Waals surface area (Å²) in [5.41, 5.74) is 5.83. The Morgan fingerprint density at radius 3 is 2.75 bits per heavy atom. The molecule has 0 heterocycles. The molecule has 0 atom stereocenters. The van der Waals surface area contributed by atoms with Crippen LogP contribution in [0.5, 0.6) is 0 Å². The fourth-order valence-electron chi connectivity index (χ4n) is 0.994. The van der Waals surface area contributed by atoms with Crippen LogP contribution in [0.2, 0.25) is 5.02 Å². The van der Waals surface area contributed by atoms with Crippen LogP contribution in [0.1, 0.15) is 0 Å². The number of nitrogen functional groups attached to an aromatic ring is 1. The van der Waals surface area contributed by atoms with Crippen molar-refractivity contribution in [2.24, 2.45) is 0 Å². The van der Waals surface area contributed by atoms with E-state index in [9.17, 15) is 8.42 Å². The van der Waals surface area contributed by atoms with Gasteiger partial charge in [0, 0.05) is 10.7 Å². The Morgan fingerprint density at radius 1 is 1.56 bits per heavy atom. The summed E-state index contributed by atoms with van der Waals surface area (Å²) in [6.07, 6.45) is 4.97. The third-order valence-electron chi connectivity index (χ3n) is 1.69. The number of nitrogens with one attached hydrogen (secondary N) is 1. The lowest BCUT2D eigenvalue weighted by Crippen LogP contribution is -2.24. The van der Waals surface area contributed by atoms with E-state index in [1.54, 1.807) is 0 Å². The summed E-state index contributed by atoms with van der Waals surface area (Å²) in [7, 11) is -3.70. The van der Waals surface area contributed by atoms with Crippen molar-refractivity contribution in [2.45, 2.75) is 4.90 Å². The van der Waals surface area contributed by atoms with Gasteiger partial charge < -0.3 is 5.73 Å². The number of anilines is 1. The van der Waals surface area contributed by atoms with Crippen molar-refractivity contribution in [3.05, 3.63) is 21.6 Å². The van der Waals surface area contributed by atoms with E-state index in [0.29, 0.717) is 0 Å². The fourth-order valence-corrected chi connectivity index (χ4v) is 3.22. The highest BCUT2D eigenvalue weighted by Gasteiger charge is 2.19. The van der Waals surface area contributed by atoms with Crippen molar-refractivity contribution < 1.29 is 8.42 Å². The molecule has 1 rings (SSSR count). The molecule has 0 aliphatic rings. The van der Waals surface area contributed by atoms with Gasteiger partial charge in [0.05, 0.1) is 15.9 Å². The number of halogens is 2. The molecule has 4 nitrogen and oxygen atoms in total. The summed E-state index contributed by atoms with van der Waals surface area (Å²) in [4.78, 5) is -0.0345. The van der Waals surface area contributed by atoms with Gasteiger partial charge in [-0.3, -0.25) is 0 Å². The predicted molar refractivity (Wildman–Crippen MR) is 67.6 cm³/mol. The van der Waals surface area contributed by atoms with E-state index in [-0.39, 0.29) is 26.6 Å². The van der Waals surface area contributed by atoms with Crippen LogP contribution in [0.3, 0.4) is 0 Å². The number of terminal acetylenes is 1. The highest BCUT2D eigenvalue weighted by Crippen LogP contribution is 2.31. The van der Waals surface area contributed by atoms with E-state index < -0.39 is 10.0 Å². The SMILES string of the molecule is C#CCNS(=O)(=O)c1cc(Cl)cc(N)c1Br. The standard InChI is InChI=1S/C9H8BrClN2O2S/c1-2-3-13-16(14,15)8-5-6(11)4-7(12)9(8)10/h1,4-5,13H,3,12H2. The zero-order chi connectivity index (χ0) is 12.3. The summed E-state index contributed by atoms with van der Waals surface area (Å²) < 4.78 is 26.0. The molecule has 0 aromatic heterocycles. The number of sulfonamides is 1. The van der Waals surface area contributed by atoms with E-state index >= 15 is 0 Å². The van der Waals surface area contributed by atoms with Gasteiger partial charge in [0.25, 0.3) is 0 Å². The van der Waals surface area contributed by atoms with Crippen molar-refractivity contribution in [3.8, 4) is 12.3 Å². The second kappa shape index (κ2) is 5.06. The van der Waals surface area contributed by atoms with Crippen LogP contribution in [0.15, 0.2) is 21.5 Å². The summed E-state index contributed by atoms with van der Waals surface area (Å²) in [6, 6.07) is 2.74. The van der Waals surface area contributed by atoms with E-state index in [4.69, 9.17) is 23.8 Å². The Morgan fingerprint density at radius 2 is 2.19 bits per heavy atom. The molecule has 0 amide bonds. The monoisotopic (exact) mass is 322 g/mol. The summed E-state index contributed by atoms with van der Waals surface area (Å²) in [5.74, 6) is 2.17. The molecule has 7 heteroatoms. The first-order chi connectivity index (χ1) is 7.38. The summed E-state index contributed by atoms with van der Waals surface area (Å²) >= 11 is 8.82. The van der Waals surface area contributed by atoms with E-state index in [1.165, 1.54) is 12.1 Å². The van der Waals surface area contributed by atoms with Crippen LogP contribution in [0.4, 0.5) is 5.69 Å². The van der Waals surface area contributed by atoms with Gasteiger partial charge in [-0.1, -0.05) is 17.5 Å². The fraction of sp³-hybridized carbons (Fsp3) is 0.111. The maximum atomic E-state index is 11.8. The molecule has 0 bridgehead atoms. The van der Waals surface area contributed by atoms with E-state index in [2.05, 4.69) is 26.6 Å². The smallest absolute Gasteiger partial charge is 0.242 e. The number of benzene rings is 1. The molecule has 0 saturated carbocycles. The minimum atomic E-state index is -3.70. The van der Waals surface area contributed by atoms with Crippen molar-refractivity contribution in [2.75, 3.05) is 12.3 Å². The number of rotatable bonds is 3. The zero-order valence-corrected chi connectivity index (χ0v) is 11.2. The van der Waals surface area contributed by atoms with Crippen molar-refractivity contribution in [1.82, 2.24) is 4.72 Å². The second-order valence-electron chi connectivity index (χ2n) is 2.84. The quantitative estimate of drug-likeness (QED) is 0.655. The van der Waals surface area contributed by atoms with Crippen LogP contribution in [0.25, 0.3) is 0 Å². The van der Waals surface area contributed by atoms with Crippen molar-refractivity contribution in [1.29, 1.82) is 0 Å². The summed E-state index contributed by atoms with van der Waals surface area (Å²) in [6.45, 7) is -0.0960. The van der Waals surface area contributed by atoms with Gasteiger partial charge in [-0.2, -0.15) is 4.72 Å². The minimum absolute atomic E-state index is 0.0345. The van der Waals surface area contributed by atoms with Gasteiger partial charge in [-0.15, -0.1) is 6.42 Å². The molecule has 0 radical (unpaired) electrons. The largest absolute Gasteiger partial charge is 0.398 e. The summed E-state index contributed by atoms with van der Waals surface area (Å²) in [5, 5.41) is 0.238. The van der Waals surface area contributed by atoms with Crippen molar-refractivity contribution in [3.63, 3.8) is 0 Å². The first-order valence-electron chi connectivity index (χ1n) is 4.06. The van der Waals surface area contributed by atoms with E-state index in [0.717, 1.165) is 0 Å². The Labute approximate surface area is 107 Å². The maximum Gasteiger partial charge on any atom is 0.242 e. The number of hydrogen-bond acceptors (Lipinski definition) is 3. The van der Waals surface area contributed by atoms with Crippen LogP contribution >= 0.6 is 27.5 Å². The Hall–Kier alpha value is -0.740. The molecule has 0 fully saturated rings. The third kappa shape index (κ3) is 2.89. The Bertz CT molecular complexity index is 551. The van der Waals surface area contributed by atoms with E-state index in [1.807, 2.05) is 0 Å². The molecule has 1 aromatic carbocycles. The molecule has 3 N–H and O–H groups in total. The molecule has 0 spiro atoms. The molecular weight excluding hydrogens is 316 g/mol. The highest BCUT2D eigenvalue weighted by atomic mass is 79.9. The van der Waals surface area contributed by atoms with Crippen LogP contribution < -0.4 is 10.5 Å². The number of nitrogens with two attached hydrogens (primary N) is 1. The zero-order valence-electron chi connectivity index (χ0n) is 8.00. The van der Waals surface area contributed by atoms with Crippen LogP contribution in [-0.4, -0.2) is 15.0 Å². The molecule has 0 unspecified atom stereocenters. The molecule has 0 aliphatic carbocycles. The van der Waals surface area contributed by atoms with Gasteiger partial charge in [0.1, 0.15) is 0 Å². The van der Waals surface area contributed by atoms with Gasteiger partial charge in [-0.05, 0) is 28.1 Å². The topological polar surface area (TPSA) is 72.2 Å². The highest BCUT2D eigenvalue weighted by molar-refractivity contribution is 9.10. The van der Waals surface area contributed by atoms with Gasteiger partial charge in [0.15, 0.2) is 0 Å². The molecule has 0 aliphatic heterocycles. The average molecular weight is 324 g/mol. The van der Waals surface area contributed by atoms with Crippen LogP contribution in [0, 0.1) is 12.3 Å². The number of hydrogen-bond donors (Lipinski definition) is 2. The average Bonchev–Trinajstić information content (AvgIpc) is 2.20. The third-order valence-corrected chi connectivity index (χ3v) is 4.48. The first-order valence-corrected chi connectivity index (χ1v) is 6.71. The predicted octanol–water partition coefficient (Wildman–Crippen LogP) is 1.60. The molecular formula is C9H8BrClN2O2S. The molecule has 16 heavy (non-hydrogen) atoms. The Kier molecular flexibility index (Phi) is 4.21. The maximum absolute atomic E-state index is 11.8. The van der Waals surface area contributed by atoms with Gasteiger partial charge >= 0.3 is 0 Å². The lowest BCUT2D eigenvalue weighted by molar-refractivity contribution is 0.585. The first kappa shape index (κ1) is 13.3. The lowest BCUT2D eigenvalue weighted by Gasteiger charge is -2.09. The van der Waals surface area contributed by atoms with Crippen LogP contribution in [-0.2, 0) is 10.0 Å². The van der Waals surface area contributed by atoms with Gasteiger partial charge in [0.2, 0.25) is 10.0 Å². The molecule has 0 saturated heterocycles. The van der Waals surface area contributed by atoms with Gasteiger partial charge in [-0.25, -0.2) is 8.42 Å².